The van der Waals surface area contributed by atoms with Crippen LogP contribution in [-0.4, -0.2) is 33.9 Å². The van der Waals surface area contributed by atoms with Crippen molar-refractivity contribution in [2.45, 2.75) is 31.4 Å². The Morgan fingerprint density at radius 1 is 1.12 bits per heavy atom. The highest BCUT2D eigenvalue weighted by Gasteiger charge is 2.40. The molecule has 1 aliphatic rings. The average Bonchev–Trinajstić information content (AvgIpc) is 3.08. The standard InChI is InChI=1S/C24H23F3N4O2S/c1-24(2,3)22-20-21(16-9-6-14(26)10-17(16)27)34-12-19(33)30(11-18(28)32)23(20)31(29-22)15-7-4-13(25)5-8-15/h4-10,21H,11-12H2,1-3H3,(H2,28,32). The van der Waals surface area contributed by atoms with E-state index < -0.39 is 46.5 Å². The zero-order chi connectivity index (χ0) is 24.8. The summed E-state index contributed by atoms with van der Waals surface area (Å²) >= 11 is 1.16. The van der Waals surface area contributed by atoms with Crippen LogP contribution >= 0.6 is 11.8 Å². The second-order valence-corrected chi connectivity index (χ2v) is 10.1. The predicted octanol–water partition coefficient (Wildman–Crippen LogP) is 4.24. The molecule has 0 aliphatic carbocycles. The van der Waals surface area contributed by atoms with E-state index >= 15 is 0 Å². The maximum atomic E-state index is 15.0. The van der Waals surface area contributed by atoms with Crippen LogP contribution in [-0.2, 0) is 15.0 Å². The number of thioether (sulfide) groups is 1. The number of benzene rings is 2. The van der Waals surface area contributed by atoms with Gasteiger partial charge in [-0.15, -0.1) is 11.8 Å². The van der Waals surface area contributed by atoms with E-state index in [1.54, 1.807) is 0 Å². The Hall–Kier alpha value is -3.27. The fourth-order valence-corrected chi connectivity index (χ4v) is 5.17. The van der Waals surface area contributed by atoms with Crippen LogP contribution in [0.2, 0.25) is 0 Å². The van der Waals surface area contributed by atoms with Crippen LogP contribution in [0.15, 0.2) is 42.5 Å². The van der Waals surface area contributed by atoms with Gasteiger partial charge in [0.05, 0.1) is 22.4 Å². The SMILES string of the molecule is CC(C)(C)c1nn(-c2ccc(F)cc2)c2c1C(c1ccc(F)cc1F)SCC(=O)N2CC(N)=O. The summed E-state index contributed by atoms with van der Waals surface area (Å²) in [5, 5.41) is 4.04. The normalized spacial score (nSPS) is 16.4. The maximum absolute atomic E-state index is 15.0. The highest BCUT2D eigenvalue weighted by molar-refractivity contribution is 8.00. The molecule has 0 fully saturated rings. The summed E-state index contributed by atoms with van der Waals surface area (Å²) in [4.78, 5) is 26.3. The highest BCUT2D eigenvalue weighted by atomic mass is 32.2. The van der Waals surface area contributed by atoms with Gasteiger partial charge in [-0.05, 0) is 30.3 Å². The molecule has 2 N–H and O–H groups in total. The molecule has 2 aromatic carbocycles. The number of carbonyl (C=O) groups is 2. The molecule has 0 saturated carbocycles. The molecule has 34 heavy (non-hydrogen) atoms. The molecule has 0 radical (unpaired) electrons. The summed E-state index contributed by atoms with van der Waals surface area (Å²) < 4.78 is 43.7. The number of aromatic nitrogens is 2. The third-order valence-electron chi connectivity index (χ3n) is 5.43. The molecule has 3 aromatic rings. The molecule has 10 heteroatoms. The molecule has 1 aliphatic heterocycles. The largest absolute Gasteiger partial charge is 0.368 e. The van der Waals surface area contributed by atoms with Crippen molar-refractivity contribution >= 4 is 29.4 Å². The first-order chi connectivity index (χ1) is 16.0. The summed E-state index contributed by atoms with van der Waals surface area (Å²) in [6.07, 6.45) is 0. The van der Waals surface area contributed by atoms with E-state index in [0.29, 0.717) is 16.9 Å². The van der Waals surface area contributed by atoms with Gasteiger partial charge in [-0.1, -0.05) is 26.8 Å². The second-order valence-electron chi connectivity index (χ2n) is 9.03. The number of halogens is 3. The van der Waals surface area contributed by atoms with Crippen molar-refractivity contribution in [2.24, 2.45) is 5.73 Å². The predicted molar refractivity (Wildman–Crippen MR) is 124 cm³/mol. The molecule has 1 aromatic heterocycles. The molecule has 1 atom stereocenters. The Kier molecular flexibility index (Phi) is 6.20. The van der Waals surface area contributed by atoms with E-state index in [4.69, 9.17) is 10.8 Å². The Labute approximate surface area is 198 Å². The van der Waals surface area contributed by atoms with Gasteiger partial charge in [0.1, 0.15) is 29.8 Å². The maximum Gasteiger partial charge on any atom is 0.238 e. The van der Waals surface area contributed by atoms with E-state index in [9.17, 15) is 22.8 Å². The van der Waals surface area contributed by atoms with Gasteiger partial charge in [-0.25, -0.2) is 17.9 Å². The van der Waals surface area contributed by atoms with Crippen molar-refractivity contribution in [1.29, 1.82) is 0 Å². The first-order valence-corrected chi connectivity index (χ1v) is 11.6. The van der Waals surface area contributed by atoms with Crippen LogP contribution in [0.25, 0.3) is 5.69 Å². The van der Waals surface area contributed by atoms with Crippen LogP contribution in [0.3, 0.4) is 0 Å². The summed E-state index contributed by atoms with van der Waals surface area (Å²) in [6.45, 7) is 5.33. The van der Waals surface area contributed by atoms with Crippen molar-refractivity contribution in [3.63, 3.8) is 0 Å². The van der Waals surface area contributed by atoms with Gasteiger partial charge in [-0.2, -0.15) is 5.10 Å². The van der Waals surface area contributed by atoms with Gasteiger partial charge >= 0.3 is 0 Å². The Morgan fingerprint density at radius 2 is 1.76 bits per heavy atom. The molecule has 178 valence electrons. The van der Waals surface area contributed by atoms with Crippen LogP contribution in [0, 0.1) is 17.5 Å². The number of carbonyl (C=O) groups excluding carboxylic acids is 2. The molecular weight excluding hydrogens is 465 g/mol. The number of anilines is 1. The Bertz CT molecular complexity index is 1270. The third-order valence-corrected chi connectivity index (χ3v) is 6.67. The average molecular weight is 489 g/mol. The number of primary amides is 1. The Morgan fingerprint density at radius 3 is 2.35 bits per heavy atom. The van der Waals surface area contributed by atoms with Crippen molar-refractivity contribution in [1.82, 2.24) is 9.78 Å². The lowest BCUT2D eigenvalue weighted by atomic mass is 9.87. The van der Waals surface area contributed by atoms with Gasteiger partial charge < -0.3 is 5.73 Å². The van der Waals surface area contributed by atoms with Crippen molar-refractivity contribution < 1.29 is 22.8 Å². The molecule has 4 rings (SSSR count). The topological polar surface area (TPSA) is 81.2 Å². The minimum absolute atomic E-state index is 0.0730. The first kappa shape index (κ1) is 23.9. The lowest BCUT2D eigenvalue weighted by Gasteiger charge is -2.24. The van der Waals surface area contributed by atoms with Crippen LogP contribution in [0.5, 0.6) is 0 Å². The quantitative estimate of drug-likeness (QED) is 0.596. The molecule has 6 nitrogen and oxygen atoms in total. The summed E-state index contributed by atoms with van der Waals surface area (Å²) in [5.41, 5.74) is 6.60. The van der Waals surface area contributed by atoms with E-state index in [0.717, 1.165) is 23.9 Å². The molecule has 0 saturated heterocycles. The van der Waals surface area contributed by atoms with E-state index in [-0.39, 0.29) is 17.1 Å². The van der Waals surface area contributed by atoms with Crippen molar-refractivity contribution in [2.75, 3.05) is 17.2 Å². The van der Waals surface area contributed by atoms with E-state index in [2.05, 4.69) is 0 Å². The zero-order valence-corrected chi connectivity index (χ0v) is 19.6. The van der Waals surface area contributed by atoms with Gasteiger partial charge in [-0.3, -0.25) is 14.5 Å². The first-order valence-electron chi connectivity index (χ1n) is 10.5. The second kappa shape index (κ2) is 8.83. The fourth-order valence-electron chi connectivity index (χ4n) is 3.95. The van der Waals surface area contributed by atoms with Crippen molar-refractivity contribution in [3.8, 4) is 5.69 Å². The van der Waals surface area contributed by atoms with Gasteiger partial charge in [0.25, 0.3) is 0 Å². The number of amides is 2. The molecule has 2 heterocycles. The summed E-state index contributed by atoms with van der Waals surface area (Å²) in [5.74, 6) is -2.91. The molecule has 0 bridgehead atoms. The number of nitrogens with zero attached hydrogens (tertiary/aromatic N) is 3. The fraction of sp³-hybridized carbons (Fsp3) is 0.292. The van der Waals surface area contributed by atoms with E-state index in [1.807, 2.05) is 20.8 Å². The smallest absolute Gasteiger partial charge is 0.238 e. The molecule has 0 spiro atoms. The number of hydrogen-bond donors (Lipinski definition) is 1. The molecular formula is C24H23F3N4O2S. The van der Waals surface area contributed by atoms with Crippen LogP contribution in [0.4, 0.5) is 19.0 Å². The monoisotopic (exact) mass is 488 g/mol. The number of rotatable bonds is 4. The lowest BCUT2D eigenvalue weighted by Crippen LogP contribution is -2.40. The number of nitrogens with two attached hydrogens (primary N) is 1. The number of fused-ring (bicyclic) bond motifs is 1. The lowest BCUT2D eigenvalue weighted by molar-refractivity contribution is -0.121. The molecule has 2 amide bonds. The van der Waals surface area contributed by atoms with Gasteiger partial charge in [0.2, 0.25) is 11.8 Å². The summed E-state index contributed by atoms with van der Waals surface area (Å²) in [7, 11) is 0. The highest BCUT2D eigenvalue weighted by Crippen LogP contribution is 2.48. The van der Waals surface area contributed by atoms with Crippen LogP contribution < -0.4 is 10.6 Å². The minimum Gasteiger partial charge on any atom is -0.368 e. The van der Waals surface area contributed by atoms with Crippen molar-refractivity contribution in [3.05, 3.63) is 76.7 Å². The third kappa shape index (κ3) is 4.42. The van der Waals surface area contributed by atoms with Crippen LogP contribution in [0.1, 0.15) is 42.8 Å². The van der Waals surface area contributed by atoms with Gasteiger partial charge in [0, 0.05) is 22.6 Å². The number of hydrogen-bond acceptors (Lipinski definition) is 4. The minimum atomic E-state index is -0.756. The summed E-state index contributed by atoms with van der Waals surface area (Å²) in [6, 6.07) is 8.80. The Balaban J connectivity index is 2.08. The zero-order valence-electron chi connectivity index (χ0n) is 18.8. The molecule has 1 unspecified atom stereocenters. The van der Waals surface area contributed by atoms with E-state index in [1.165, 1.54) is 39.9 Å². The van der Waals surface area contributed by atoms with Gasteiger partial charge in [0.15, 0.2) is 0 Å².